The minimum absolute atomic E-state index is 0.0186. The molecule has 3 rings (SSSR count). The molecule has 1 aromatic carbocycles. The van der Waals surface area contributed by atoms with Crippen molar-refractivity contribution in [2.24, 2.45) is 0 Å². The largest absolute Gasteiger partial charge is 0.365 e. The van der Waals surface area contributed by atoms with E-state index in [4.69, 9.17) is 9.26 Å². The van der Waals surface area contributed by atoms with Crippen molar-refractivity contribution >= 4 is 5.91 Å². The molecule has 1 aliphatic heterocycles. The first-order chi connectivity index (χ1) is 14.0. The first kappa shape index (κ1) is 21.5. The lowest BCUT2D eigenvalue weighted by Crippen LogP contribution is -2.44. The van der Waals surface area contributed by atoms with Crippen molar-refractivity contribution in [3.63, 3.8) is 0 Å². The van der Waals surface area contributed by atoms with E-state index in [0.29, 0.717) is 30.1 Å². The highest BCUT2D eigenvalue weighted by Crippen LogP contribution is 2.22. The average molecular weight is 403 g/mol. The molecule has 0 aliphatic carbocycles. The van der Waals surface area contributed by atoms with Gasteiger partial charge in [-0.25, -0.2) is 4.39 Å². The van der Waals surface area contributed by atoms with Crippen LogP contribution in [0.2, 0.25) is 0 Å². The Balaban J connectivity index is 1.31. The van der Waals surface area contributed by atoms with E-state index < -0.39 is 0 Å². The van der Waals surface area contributed by atoms with Gasteiger partial charge in [0.2, 0.25) is 5.91 Å². The SMILES string of the molecule is C[C@H]1CCC[C@H](C)N1CCCNC(=O)COCc1cc(-c2ccc(F)cc2)on1. The van der Waals surface area contributed by atoms with Crippen molar-refractivity contribution < 1.29 is 18.4 Å². The van der Waals surface area contributed by atoms with Crippen LogP contribution in [-0.2, 0) is 16.1 Å². The molecule has 7 heteroatoms. The highest BCUT2D eigenvalue weighted by atomic mass is 19.1. The van der Waals surface area contributed by atoms with Gasteiger partial charge in [-0.05, 0) is 57.4 Å². The molecule has 1 aliphatic rings. The molecule has 1 aromatic heterocycles. The van der Waals surface area contributed by atoms with Crippen LogP contribution in [0.15, 0.2) is 34.9 Å². The van der Waals surface area contributed by atoms with Crippen molar-refractivity contribution in [3.05, 3.63) is 41.8 Å². The third kappa shape index (κ3) is 6.37. The predicted molar refractivity (Wildman–Crippen MR) is 109 cm³/mol. The molecule has 1 amide bonds. The fourth-order valence-electron chi connectivity index (χ4n) is 3.83. The van der Waals surface area contributed by atoms with E-state index in [0.717, 1.165) is 18.5 Å². The Labute approximate surface area is 171 Å². The monoisotopic (exact) mass is 403 g/mol. The molecule has 0 spiro atoms. The number of nitrogens with zero attached hydrogens (tertiary/aromatic N) is 2. The summed E-state index contributed by atoms with van der Waals surface area (Å²) < 4.78 is 23.7. The van der Waals surface area contributed by atoms with Crippen LogP contribution in [0.5, 0.6) is 0 Å². The number of benzene rings is 1. The lowest BCUT2D eigenvalue weighted by molar-refractivity contribution is -0.126. The third-order valence-corrected chi connectivity index (χ3v) is 5.46. The summed E-state index contributed by atoms with van der Waals surface area (Å²) >= 11 is 0. The summed E-state index contributed by atoms with van der Waals surface area (Å²) in [5, 5.41) is 6.83. The van der Waals surface area contributed by atoms with Crippen LogP contribution in [0, 0.1) is 5.82 Å². The summed E-state index contributed by atoms with van der Waals surface area (Å²) in [6.07, 6.45) is 4.76. The number of hydrogen-bond donors (Lipinski definition) is 1. The molecule has 29 heavy (non-hydrogen) atoms. The Kier molecular flexibility index (Phi) is 7.77. The number of halogens is 1. The van der Waals surface area contributed by atoms with E-state index in [9.17, 15) is 9.18 Å². The van der Waals surface area contributed by atoms with Gasteiger partial charge < -0.3 is 14.6 Å². The van der Waals surface area contributed by atoms with Gasteiger partial charge in [-0.1, -0.05) is 11.6 Å². The number of hydrogen-bond acceptors (Lipinski definition) is 5. The molecule has 1 N–H and O–H groups in total. The summed E-state index contributed by atoms with van der Waals surface area (Å²) in [5.41, 5.74) is 1.32. The molecule has 6 nitrogen and oxygen atoms in total. The fraction of sp³-hybridized carbons (Fsp3) is 0.545. The molecular weight excluding hydrogens is 373 g/mol. The predicted octanol–water partition coefficient (Wildman–Crippen LogP) is 3.77. The van der Waals surface area contributed by atoms with Gasteiger partial charge >= 0.3 is 0 Å². The van der Waals surface area contributed by atoms with Gasteiger partial charge in [0.25, 0.3) is 0 Å². The van der Waals surface area contributed by atoms with Crippen molar-refractivity contribution in [1.82, 2.24) is 15.4 Å². The number of aromatic nitrogens is 1. The zero-order valence-corrected chi connectivity index (χ0v) is 17.2. The maximum Gasteiger partial charge on any atom is 0.246 e. The van der Waals surface area contributed by atoms with Crippen LogP contribution in [0.1, 0.15) is 45.2 Å². The van der Waals surface area contributed by atoms with Crippen LogP contribution in [0.3, 0.4) is 0 Å². The molecule has 2 atom stereocenters. The lowest BCUT2D eigenvalue weighted by Gasteiger charge is -2.39. The third-order valence-electron chi connectivity index (χ3n) is 5.46. The number of likely N-dealkylation sites (tertiary alicyclic amines) is 1. The number of rotatable bonds is 9. The number of carbonyl (C=O) groups is 1. The average Bonchev–Trinajstić information content (AvgIpc) is 3.16. The maximum absolute atomic E-state index is 13.0. The van der Waals surface area contributed by atoms with Crippen LogP contribution in [0.25, 0.3) is 11.3 Å². The summed E-state index contributed by atoms with van der Waals surface area (Å²) in [6.45, 7) is 6.39. The van der Waals surface area contributed by atoms with E-state index >= 15 is 0 Å². The number of nitrogens with one attached hydrogen (secondary N) is 1. The van der Waals surface area contributed by atoms with Crippen LogP contribution >= 0.6 is 0 Å². The Morgan fingerprint density at radius 2 is 2.00 bits per heavy atom. The second-order valence-electron chi connectivity index (χ2n) is 7.75. The zero-order chi connectivity index (χ0) is 20.6. The van der Waals surface area contributed by atoms with Crippen LogP contribution in [-0.4, -0.2) is 47.7 Å². The molecule has 0 bridgehead atoms. The van der Waals surface area contributed by atoms with Gasteiger partial charge in [-0.15, -0.1) is 0 Å². The Morgan fingerprint density at radius 3 is 2.72 bits per heavy atom. The van der Waals surface area contributed by atoms with Gasteiger partial charge in [-0.3, -0.25) is 9.69 Å². The number of piperidine rings is 1. The highest BCUT2D eigenvalue weighted by molar-refractivity contribution is 5.77. The van der Waals surface area contributed by atoms with Gasteiger partial charge in [0.05, 0.1) is 6.61 Å². The zero-order valence-electron chi connectivity index (χ0n) is 17.2. The molecule has 1 saturated heterocycles. The van der Waals surface area contributed by atoms with Gasteiger partial charge in [0.1, 0.15) is 18.1 Å². The minimum atomic E-state index is -0.303. The second-order valence-corrected chi connectivity index (χ2v) is 7.75. The van der Waals surface area contributed by atoms with Gasteiger partial charge in [0, 0.05) is 36.8 Å². The molecule has 0 unspecified atom stereocenters. The standard InChI is InChI=1S/C22H30FN3O3/c1-16-5-3-6-17(2)26(16)12-4-11-24-22(27)15-28-14-20-13-21(29-25-20)18-7-9-19(23)10-8-18/h7-10,13,16-17H,3-6,11-12,14-15H2,1-2H3,(H,24,27)/t16-,17-/m0/s1. The Bertz CT molecular complexity index is 768. The number of amides is 1. The molecular formula is C22H30FN3O3. The van der Waals surface area contributed by atoms with Crippen molar-refractivity contribution in [1.29, 1.82) is 0 Å². The molecule has 0 saturated carbocycles. The van der Waals surface area contributed by atoms with Gasteiger partial charge in [0.15, 0.2) is 5.76 Å². The summed E-state index contributed by atoms with van der Waals surface area (Å²) in [7, 11) is 0. The van der Waals surface area contributed by atoms with E-state index in [1.165, 1.54) is 31.4 Å². The number of ether oxygens (including phenoxy) is 1. The van der Waals surface area contributed by atoms with Crippen LogP contribution in [0.4, 0.5) is 4.39 Å². The Hall–Kier alpha value is -2.25. The smallest absolute Gasteiger partial charge is 0.246 e. The van der Waals surface area contributed by atoms with E-state index in [-0.39, 0.29) is 24.9 Å². The Morgan fingerprint density at radius 1 is 1.28 bits per heavy atom. The lowest BCUT2D eigenvalue weighted by atomic mass is 9.97. The number of carbonyl (C=O) groups excluding carboxylic acids is 1. The topological polar surface area (TPSA) is 67.6 Å². The van der Waals surface area contributed by atoms with E-state index in [1.807, 2.05) is 0 Å². The second kappa shape index (κ2) is 10.5. The maximum atomic E-state index is 13.0. The van der Waals surface area contributed by atoms with Crippen molar-refractivity contribution in [3.8, 4) is 11.3 Å². The fourth-order valence-corrected chi connectivity index (χ4v) is 3.83. The normalized spacial score (nSPS) is 20.0. The van der Waals surface area contributed by atoms with Crippen molar-refractivity contribution in [2.75, 3.05) is 19.7 Å². The van der Waals surface area contributed by atoms with E-state index in [1.54, 1.807) is 18.2 Å². The first-order valence-corrected chi connectivity index (χ1v) is 10.3. The summed E-state index contributed by atoms with van der Waals surface area (Å²) in [4.78, 5) is 14.5. The molecule has 158 valence electrons. The molecule has 2 aromatic rings. The molecule has 2 heterocycles. The van der Waals surface area contributed by atoms with E-state index in [2.05, 4.69) is 29.2 Å². The van der Waals surface area contributed by atoms with Crippen molar-refractivity contribution in [2.45, 2.75) is 58.2 Å². The molecule has 0 radical (unpaired) electrons. The summed E-state index contributed by atoms with van der Waals surface area (Å²) in [5.74, 6) is 0.101. The summed E-state index contributed by atoms with van der Waals surface area (Å²) in [6, 6.07) is 8.96. The minimum Gasteiger partial charge on any atom is -0.365 e. The first-order valence-electron chi connectivity index (χ1n) is 10.3. The molecule has 1 fully saturated rings. The quantitative estimate of drug-likeness (QED) is 0.646. The van der Waals surface area contributed by atoms with Gasteiger partial charge in [-0.2, -0.15) is 0 Å². The van der Waals surface area contributed by atoms with Crippen LogP contribution < -0.4 is 5.32 Å². The highest BCUT2D eigenvalue weighted by Gasteiger charge is 2.23.